The second-order valence-electron chi connectivity index (χ2n) is 3.36. The Kier molecular flexibility index (Phi) is 3.41. The van der Waals surface area contributed by atoms with Gasteiger partial charge < -0.3 is 14.7 Å². The molecule has 0 aromatic carbocycles. The lowest BCUT2D eigenvalue weighted by molar-refractivity contribution is -0.199. The van der Waals surface area contributed by atoms with Crippen LogP contribution in [0.1, 0.15) is 6.92 Å². The maximum Gasteiger partial charge on any atom is 0.471 e. The van der Waals surface area contributed by atoms with Gasteiger partial charge in [0.15, 0.2) is 6.04 Å². The van der Waals surface area contributed by atoms with Gasteiger partial charge in [0.05, 0.1) is 12.7 Å². The molecule has 1 heterocycles. The first-order valence-corrected chi connectivity index (χ1v) is 4.47. The summed E-state index contributed by atoms with van der Waals surface area (Å²) in [6.07, 6.45) is -6.03. The van der Waals surface area contributed by atoms with E-state index in [1.807, 2.05) is 0 Å². The van der Waals surface area contributed by atoms with Crippen LogP contribution in [0.5, 0.6) is 0 Å². The predicted octanol–water partition coefficient (Wildman–Crippen LogP) is 0.249. The summed E-state index contributed by atoms with van der Waals surface area (Å²) in [5.41, 5.74) is 0. The van der Waals surface area contributed by atoms with Gasteiger partial charge >= 0.3 is 18.1 Å². The normalized spacial score (nSPS) is 26.6. The predicted molar refractivity (Wildman–Crippen MR) is 44.6 cm³/mol. The zero-order valence-corrected chi connectivity index (χ0v) is 8.32. The number of carboxylic acids is 1. The summed E-state index contributed by atoms with van der Waals surface area (Å²) >= 11 is 0. The molecule has 8 heteroatoms. The quantitative estimate of drug-likeness (QED) is 0.714. The summed E-state index contributed by atoms with van der Waals surface area (Å²) < 4.78 is 41.4. The number of carbonyl (C=O) groups is 2. The Morgan fingerprint density at radius 1 is 1.44 bits per heavy atom. The summed E-state index contributed by atoms with van der Waals surface area (Å²) in [6.45, 7) is 0.834. The van der Waals surface area contributed by atoms with E-state index in [9.17, 15) is 22.8 Å². The van der Waals surface area contributed by atoms with Crippen molar-refractivity contribution in [1.29, 1.82) is 0 Å². The molecule has 0 aliphatic carbocycles. The lowest BCUT2D eigenvalue weighted by atomic mass is 10.1. The third kappa shape index (κ3) is 2.43. The average molecular weight is 241 g/mol. The number of alkyl halides is 3. The van der Waals surface area contributed by atoms with Crippen molar-refractivity contribution >= 4 is 11.9 Å². The standard InChI is InChI=1S/C8H10F3NO4/c1-4-5(6(13)14)12(2-3-16-4)7(15)8(9,10)11/h4-5H,2-3H2,1H3,(H,13,14). The molecular formula is C8H10F3NO4. The molecule has 0 spiro atoms. The Balaban J connectivity index is 2.92. The number of halogens is 3. The molecular weight excluding hydrogens is 231 g/mol. The van der Waals surface area contributed by atoms with Crippen molar-refractivity contribution in [1.82, 2.24) is 4.90 Å². The molecule has 0 saturated carbocycles. The van der Waals surface area contributed by atoms with Gasteiger partial charge in [-0.1, -0.05) is 0 Å². The van der Waals surface area contributed by atoms with E-state index >= 15 is 0 Å². The van der Waals surface area contributed by atoms with Gasteiger partial charge in [-0.15, -0.1) is 0 Å². The molecule has 16 heavy (non-hydrogen) atoms. The smallest absolute Gasteiger partial charge is 0.471 e. The number of aliphatic carboxylic acids is 1. The number of carbonyl (C=O) groups excluding carboxylic acids is 1. The Hall–Kier alpha value is -1.31. The largest absolute Gasteiger partial charge is 0.480 e. The summed E-state index contributed by atoms with van der Waals surface area (Å²) in [6, 6.07) is -1.59. The van der Waals surface area contributed by atoms with Crippen molar-refractivity contribution in [2.45, 2.75) is 25.2 Å². The minimum Gasteiger partial charge on any atom is -0.480 e. The Morgan fingerprint density at radius 3 is 2.44 bits per heavy atom. The van der Waals surface area contributed by atoms with Crippen LogP contribution in [-0.2, 0) is 14.3 Å². The minimum absolute atomic E-state index is 0.104. The number of amides is 1. The summed E-state index contributed by atoms with van der Waals surface area (Å²) in [4.78, 5) is 22.0. The van der Waals surface area contributed by atoms with E-state index in [1.54, 1.807) is 0 Å². The third-order valence-electron chi connectivity index (χ3n) is 2.25. The number of carboxylic acid groups (broad SMARTS) is 1. The second-order valence-corrected chi connectivity index (χ2v) is 3.36. The molecule has 1 N–H and O–H groups in total. The van der Waals surface area contributed by atoms with Gasteiger partial charge in [-0.25, -0.2) is 4.79 Å². The van der Waals surface area contributed by atoms with E-state index in [1.165, 1.54) is 6.92 Å². The van der Waals surface area contributed by atoms with Gasteiger partial charge in [0, 0.05) is 6.54 Å². The first-order valence-electron chi connectivity index (χ1n) is 4.47. The lowest BCUT2D eigenvalue weighted by Crippen LogP contribution is -2.59. The van der Waals surface area contributed by atoms with Gasteiger partial charge in [0.1, 0.15) is 0 Å². The van der Waals surface area contributed by atoms with Crippen molar-refractivity contribution in [3.8, 4) is 0 Å². The van der Waals surface area contributed by atoms with Gasteiger partial charge in [-0.3, -0.25) is 4.79 Å². The van der Waals surface area contributed by atoms with E-state index in [-0.39, 0.29) is 18.1 Å². The van der Waals surface area contributed by atoms with Crippen LogP contribution < -0.4 is 0 Å². The second kappa shape index (κ2) is 4.28. The Labute approximate surface area is 88.8 Å². The highest BCUT2D eigenvalue weighted by atomic mass is 19.4. The monoisotopic (exact) mass is 241 g/mol. The van der Waals surface area contributed by atoms with Gasteiger partial charge in [0.25, 0.3) is 0 Å². The molecule has 1 saturated heterocycles. The maximum absolute atomic E-state index is 12.2. The number of morpholine rings is 1. The number of nitrogens with zero attached hydrogens (tertiary/aromatic N) is 1. The first kappa shape index (κ1) is 12.8. The molecule has 1 rings (SSSR count). The van der Waals surface area contributed by atoms with Crippen LogP contribution in [0.25, 0.3) is 0 Å². The highest BCUT2D eigenvalue weighted by molar-refractivity contribution is 5.87. The zero-order chi connectivity index (χ0) is 12.5. The molecule has 0 aromatic rings. The maximum atomic E-state index is 12.2. The van der Waals surface area contributed by atoms with Crippen molar-refractivity contribution < 1.29 is 32.6 Å². The van der Waals surface area contributed by atoms with Crippen LogP contribution >= 0.6 is 0 Å². The third-order valence-corrected chi connectivity index (χ3v) is 2.25. The molecule has 92 valence electrons. The fraction of sp³-hybridized carbons (Fsp3) is 0.750. The average Bonchev–Trinajstić information content (AvgIpc) is 2.14. The topological polar surface area (TPSA) is 66.8 Å². The van der Waals surface area contributed by atoms with Crippen LogP contribution in [0.4, 0.5) is 13.2 Å². The molecule has 2 atom stereocenters. The van der Waals surface area contributed by atoms with Crippen LogP contribution in [0.3, 0.4) is 0 Å². The van der Waals surface area contributed by atoms with E-state index < -0.39 is 30.2 Å². The fourth-order valence-corrected chi connectivity index (χ4v) is 1.55. The SMILES string of the molecule is CC1OCCN(C(=O)C(F)(F)F)C1C(=O)O. The van der Waals surface area contributed by atoms with E-state index in [0.29, 0.717) is 0 Å². The highest BCUT2D eigenvalue weighted by Gasteiger charge is 2.48. The van der Waals surface area contributed by atoms with Crippen LogP contribution in [0, 0.1) is 0 Å². The van der Waals surface area contributed by atoms with Gasteiger partial charge in [0.2, 0.25) is 0 Å². The molecule has 1 aliphatic rings. The Morgan fingerprint density at radius 2 is 2.00 bits per heavy atom. The molecule has 0 bridgehead atoms. The summed E-state index contributed by atoms with van der Waals surface area (Å²) in [5, 5.41) is 8.75. The number of hydrogen-bond acceptors (Lipinski definition) is 3. The molecule has 2 unspecified atom stereocenters. The highest BCUT2D eigenvalue weighted by Crippen LogP contribution is 2.23. The van der Waals surface area contributed by atoms with Crippen LogP contribution in [-0.4, -0.2) is 53.4 Å². The summed E-state index contributed by atoms with van der Waals surface area (Å²) in [7, 11) is 0. The number of rotatable bonds is 1. The number of ether oxygens (including phenoxy) is 1. The van der Waals surface area contributed by atoms with Crippen molar-refractivity contribution in [3.05, 3.63) is 0 Å². The van der Waals surface area contributed by atoms with Gasteiger partial charge in [-0.2, -0.15) is 13.2 Å². The molecule has 1 amide bonds. The van der Waals surface area contributed by atoms with E-state index in [0.717, 1.165) is 0 Å². The molecule has 0 radical (unpaired) electrons. The van der Waals surface area contributed by atoms with Crippen molar-refractivity contribution in [2.24, 2.45) is 0 Å². The lowest BCUT2D eigenvalue weighted by Gasteiger charge is -2.37. The number of hydrogen-bond donors (Lipinski definition) is 1. The van der Waals surface area contributed by atoms with Crippen molar-refractivity contribution in [3.63, 3.8) is 0 Å². The summed E-state index contributed by atoms with van der Waals surface area (Å²) in [5.74, 6) is -3.65. The molecule has 1 aliphatic heterocycles. The molecule has 1 fully saturated rings. The van der Waals surface area contributed by atoms with Crippen LogP contribution in [0.15, 0.2) is 0 Å². The van der Waals surface area contributed by atoms with Gasteiger partial charge in [-0.05, 0) is 6.92 Å². The molecule has 0 aromatic heterocycles. The fourth-order valence-electron chi connectivity index (χ4n) is 1.55. The van der Waals surface area contributed by atoms with E-state index in [2.05, 4.69) is 0 Å². The first-order chi connectivity index (χ1) is 7.25. The molecule has 5 nitrogen and oxygen atoms in total. The Bertz CT molecular complexity index is 304. The minimum atomic E-state index is -5.06. The zero-order valence-electron chi connectivity index (χ0n) is 8.32. The van der Waals surface area contributed by atoms with Crippen LogP contribution in [0.2, 0.25) is 0 Å². The van der Waals surface area contributed by atoms with E-state index in [4.69, 9.17) is 9.84 Å². The van der Waals surface area contributed by atoms with Crippen molar-refractivity contribution in [2.75, 3.05) is 13.2 Å².